The summed E-state index contributed by atoms with van der Waals surface area (Å²) in [5.41, 5.74) is 4.66. The Hall–Kier alpha value is -2.69. The first-order valence-electron chi connectivity index (χ1n) is 10.9. The van der Waals surface area contributed by atoms with Gasteiger partial charge in [0.1, 0.15) is 0 Å². The number of hydrogen-bond acceptors (Lipinski definition) is 3. The second kappa shape index (κ2) is 7.86. The Balaban J connectivity index is 1.78. The van der Waals surface area contributed by atoms with Gasteiger partial charge in [-0.05, 0) is 44.1 Å². The molecule has 0 spiro atoms. The molecule has 0 N–H and O–H groups in total. The first-order valence-corrected chi connectivity index (χ1v) is 10.9. The summed E-state index contributed by atoms with van der Waals surface area (Å²) >= 11 is 0. The number of rotatable bonds is 4. The molecule has 0 bridgehead atoms. The van der Waals surface area contributed by atoms with E-state index in [0.29, 0.717) is 19.5 Å². The number of benzene rings is 1. The molecule has 1 aromatic carbocycles. The minimum Gasteiger partial charge on any atom is -0.330 e. The van der Waals surface area contributed by atoms with Crippen LogP contribution in [0.5, 0.6) is 0 Å². The molecule has 4 rings (SSSR count). The molecule has 1 atom stereocenters. The average Bonchev–Trinajstić information content (AvgIpc) is 3.26. The van der Waals surface area contributed by atoms with E-state index in [1.165, 1.54) is 0 Å². The van der Waals surface area contributed by atoms with Crippen molar-refractivity contribution in [2.24, 2.45) is 5.41 Å². The summed E-state index contributed by atoms with van der Waals surface area (Å²) in [7, 11) is 0. The number of likely N-dealkylation sites (tertiary alicyclic amines) is 1. The van der Waals surface area contributed by atoms with Gasteiger partial charge in [-0.1, -0.05) is 49.8 Å². The van der Waals surface area contributed by atoms with Crippen molar-refractivity contribution in [3.8, 4) is 0 Å². The fraction of sp³-hybridized carbons (Fsp3) is 0.480. The van der Waals surface area contributed by atoms with Gasteiger partial charge in [0.2, 0.25) is 5.91 Å². The maximum Gasteiger partial charge on any atom is 0.247 e. The van der Waals surface area contributed by atoms with E-state index >= 15 is 0 Å². The number of nitrogens with zero attached hydrogens (tertiary/aromatic N) is 3. The van der Waals surface area contributed by atoms with Crippen molar-refractivity contribution < 1.29 is 9.59 Å². The Labute approximate surface area is 178 Å². The highest BCUT2D eigenvalue weighted by Gasteiger charge is 2.41. The number of fused-ring (bicyclic) bond motifs is 1. The topological polar surface area (TPSA) is 55.2 Å². The van der Waals surface area contributed by atoms with E-state index in [2.05, 4.69) is 26.0 Å². The van der Waals surface area contributed by atoms with Crippen molar-refractivity contribution in [1.82, 2.24) is 14.7 Å². The molecule has 1 fully saturated rings. The van der Waals surface area contributed by atoms with E-state index in [0.717, 1.165) is 47.4 Å². The number of hydrogen-bond donors (Lipinski definition) is 0. The van der Waals surface area contributed by atoms with Crippen LogP contribution < -0.4 is 0 Å². The van der Waals surface area contributed by atoms with Gasteiger partial charge in [0, 0.05) is 19.0 Å². The molecule has 2 aliphatic rings. The zero-order valence-corrected chi connectivity index (χ0v) is 18.4. The Morgan fingerprint density at radius 2 is 1.93 bits per heavy atom. The molecule has 1 aliphatic carbocycles. The number of Topliss-reactive ketones (excluding diaryl/α,β-unsaturated/α-hetero) is 1. The number of ketones is 1. The maximum atomic E-state index is 13.2. The molecule has 5 nitrogen and oxygen atoms in total. The summed E-state index contributed by atoms with van der Waals surface area (Å²) in [6.45, 7) is 9.52. The Kier molecular flexibility index (Phi) is 5.39. The molecule has 0 saturated carbocycles. The van der Waals surface area contributed by atoms with E-state index in [9.17, 15) is 9.59 Å². The number of aromatic nitrogens is 2. The van der Waals surface area contributed by atoms with E-state index in [1.54, 1.807) is 6.08 Å². The van der Waals surface area contributed by atoms with Gasteiger partial charge < -0.3 is 4.90 Å². The van der Waals surface area contributed by atoms with Crippen LogP contribution in [0.25, 0.3) is 0 Å². The third kappa shape index (κ3) is 3.98. The van der Waals surface area contributed by atoms with Crippen molar-refractivity contribution in [1.29, 1.82) is 0 Å². The highest BCUT2D eigenvalue weighted by molar-refractivity contribution is 6.00. The van der Waals surface area contributed by atoms with Gasteiger partial charge in [-0.25, -0.2) is 0 Å². The lowest BCUT2D eigenvalue weighted by molar-refractivity contribution is -0.127. The van der Waals surface area contributed by atoms with Crippen LogP contribution in [-0.4, -0.2) is 32.9 Å². The monoisotopic (exact) mass is 405 g/mol. The van der Waals surface area contributed by atoms with Crippen LogP contribution >= 0.6 is 0 Å². The minimum absolute atomic E-state index is 0.0208. The Morgan fingerprint density at radius 3 is 2.63 bits per heavy atom. The van der Waals surface area contributed by atoms with Crippen LogP contribution in [0.1, 0.15) is 80.3 Å². The van der Waals surface area contributed by atoms with Crippen molar-refractivity contribution in [2.75, 3.05) is 6.54 Å². The summed E-state index contributed by atoms with van der Waals surface area (Å²) < 4.78 is 2.01. The third-order valence-electron chi connectivity index (χ3n) is 6.09. The average molecular weight is 406 g/mol. The first kappa shape index (κ1) is 20.6. The van der Waals surface area contributed by atoms with Crippen LogP contribution in [0, 0.1) is 5.41 Å². The molecule has 1 aliphatic heterocycles. The molecule has 2 heterocycles. The van der Waals surface area contributed by atoms with Gasteiger partial charge in [-0.3, -0.25) is 14.3 Å². The summed E-state index contributed by atoms with van der Waals surface area (Å²) in [6.07, 6.45) is 4.83. The molecule has 0 radical (unpaired) electrons. The van der Waals surface area contributed by atoms with Gasteiger partial charge in [0.05, 0.1) is 29.5 Å². The Morgan fingerprint density at radius 1 is 1.20 bits per heavy atom. The van der Waals surface area contributed by atoms with Crippen LogP contribution in [0.15, 0.2) is 42.0 Å². The SMILES string of the molecule is CC(C)=CC(=O)N1CCC[C@H]1c1nn(Cc2ccccc2)c2c1C(=O)CC(C)(C)C2. The molecule has 30 heavy (non-hydrogen) atoms. The normalized spacial score (nSPS) is 20.2. The third-order valence-corrected chi connectivity index (χ3v) is 6.09. The minimum atomic E-state index is -0.121. The standard InChI is InChI=1S/C25H31N3O2/c1-17(2)13-22(30)27-12-8-11-19(27)24-23-20(14-25(3,4)15-21(23)29)28(26-24)16-18-9-6-5-7-10-18/h5-7,9-10,13,19H,8,11-12,14-16H2,1-4H3/t19-/m0/s1. The lowest BCUT2D eigenvalue weighted by Crippen LogP contribution is -2.32. The fourth-order valence-corrected chi connectivity index (χ4v) is 4.80. The molecule has 1 saturated heterocycles. The van der Waals surface area contributed by atoms with Gasteiger partial charge in [0.15, 0.2) is 5.78 Å². The largest absolute Gasteiger partial charge is 0.330 e. The predicted octanol–water partition coefficient (Wildman–Crippen LogP) is 4.72. The van der Waals surface area contributed by atoms with Crippen LogP contribution in [-0.2, 0) is 17.8 Å². The predicted molar refractivity (Wildman–Crippen MR) is 117 cm³/mol. The highest BCUT2D eigenvalue weighted by Crippen LogP contribution is 2.41. The zero-order chi connectivity index (χ0) is 21.5. The van der Waals surface area contributed by atoms with E-state index < -0.39 is 0 Å². The van der Waals surface area contributed by atoms with Crippen molar-refractivity contribution >= 4 is 11.7 Å². The smallest absolute Gasteiger partial charge is 0.247 e. The number of carbonyl (C=O) groups is 2. The fourth-order valence-electron chi connectivity index (χ4n) is 4.80. The van der Waals surface area contributed by atoms with Crippen LogP contribution in [0.3, 0.4) is 0 Å². The second-order valence-electron chi connectivity index (χ2n) is 9.70. The lowest BCUT2D eigenvalue weighted by Gasteiger charge is -2.30. The summed E-state index contributed by atoms with van der Waals surface area (Å²) in [4.78, 5) is 27.9. The summed E-state index contributed by atoms with van der Waals surface area (Å²) in [5.74, 6) is 0.185. The maximum absolute atomic E-state index is 13.2. The molecule has 158 valence electrons. The van der Waals surface area contributed by atoms with Gasteiger partial charge in [0.25, 0.3) is 0 Å². The molecule has 2 aromatic rings. The van der Waals surface area contributed by atoms with Gasteiger partial charge in [-0.15, -0.1) is 0 Å². The van der Waals surface area contributed by atoms with Crippen molar-refractivity contribution in [3.63, 3.8) is 0 Å². The lowest BCUT2D eigenvalue weighted by atomic mass is 9.75. The summed E-state index contributed by atoms with van der Waals surface area (Å²) in [5, 5.41) is 4.98. The quantitative estimate of drug-likeness (QED) is 0.692. The first-order chi connectivity index (χ1) is 14.2. The highest BCUT2D eigenvalue weighted by atomic mass is 16.2. The van der Waals surface area contributed by atoms with Crippen molar-refractivity contribution in [3.05, 3.63) is 64.5 Å². The summed E-state index contributed by atoms with van der Waals surface area (Å²) in [6, 6.07) is 10.1. The number of carbonyl (C=O) groups excluding carboxylic acids is 2. The Bertz CT molecular complexity index is 997. The van der Waals surface area contributed by atoms with Crippen LogP contribution in [0.4, 0.5) is 0 Å². The van der Waals surface area contributed by atoms with Gasteiger partial charge >= 0.3 is 0 Å². The molecule has 1 amide bonds. The van der Waals surface area contributed by atoms with Gasteiger partial charge in [-0.2, -0.15) is 5.10 Å². The molecule has 0 unspecified atom stereocenters. The zero-order valence-electron chi connectivity index (χ0n) is 18.4. The van der Waals surface area contributed by atoms with Crippen LogP contribution in [0.2, 0.25) is 0 Å². The molecule has 5 heteroatoms. The second-order valence-corrected chi connectivity index (χ2v) is 9.70. The molecular weight excluding hydrogens is 374 g/mol. The number of allylic oxidation sites excluding steroid dienone is 1. The van der Waals surface area contributed by atoms with E-state index in [-0.39, 0.29) is 23.1 Å². The van der Waals surface area contributed by atoms with E-state index in [1.807, 2.05) is 41.6 Å². The van der Waals surface area contributed by atoms with E-state index in [4.69, 9.17) is 5.10 Å². The number of amides is 1. The molecular formula is C25H31N3O2. The van der Waals surface area contributed by atoms with Crippen molar-refractivity contribution in [2.45, 2.75) is 66.0 Å². The molecule has 1 aromatic heterocycles.